The van der Waals surface area contributed by atoms with E-state index in [1.54, 1.807) is 0 Å². The van der Waals surface area contributed by atoms with Crippen LogP contribution in [0.1, 0.15) is 29.7 Å². The molecule has 0 amide bonds. The molecule has 2 atom stereocenters. The number of halogens is 4. The van der Waals surface area contributed by atoms with Gasteiger partial charge in [-0.2, -0.15) is 4.39 Å². The average molecular weight is 629 g/mol. The molecule has 3 aromatic carbocycles. The lowest BCUT2D eigenvalue weighted by Crippen LogP contribution is -2.33. The highest BCUT2D eigenvalue weighted by atomic mass is 32.2. The molecular formula is C32H32F4N4O3S. The van der Waals surface area contributed by atoms with E-state index in [0.29, 0.717) is 31.0 Å². The summed E-state index contributed by atoms with van der Waals surface area (Å²) in [4.78, 5) is 8.46. The minimum absolute atomic E-state index is 0.126. The van der Waals surface area contributed by atoms with Crippen LogP contribution in [0.5, 0.6) is 11.6 Å². The number of pyridine rings is 1. The van der Waals surface area contributed by atoms with E-state index in [2.05, 4.69) is 38.8 Å². The van der Waals surface area contributed by atoms with Gasteiger partial charge in [-0.1, -0.05) is 36.4 Å². The van der Waals surface area contributed by atoms with E-state index in [0.717, 1.165) is 60.8 Å². The van der Waals surface area contributed by atoms with Gasteiger partial charge in [0.15, 0.2) is 17.4 Å². The number of hydrogen-bond donors (Lipinski definition) is 1. The van der Waals surface area contributed by atoms with Gasteiger partial charge in [-0.05, 0) is 55.9 Å². The molecule has 1 fully saturated rings. The number of ether oxygens (including phenoxy) is 2. The van der Waals surface area contributed by atoms with Crippen LogP contribution in [0.25, 0.3) is 10.8 Å². The number of likely N-dealkylation sites (N-methyl/N-ethyl adjacent to an activating group) is 1. The summed E-state index contributed by atoms with van der Waals surface area (Å²) in [6.07, 6.45) is 2.73. The molecule has 12 heteroatoms. The summed E-state index contributed by atoms with van der Waals surface area (Å²) in [7, 11) is 0.497. The van der Waals surface area contributed by atoms with Crippen molar-refractivity contribution in [3.05, 3.63) is 88.6 Å². The Morgan fingerprint density at radius 3 is 2.57 bits per heavy atom. The number of methoxy groups -OCH3 is 1. The van der Waals surface area contributed by atoms with E-state index >= 15 is 0 Å². The first-order valence-corrected chi connectivity index (χ1v) is 15.5. The second-order valence-corrected chi connectivity index (χ2v) is 12.3. The monoisotopic (exact) mass is 628 g/mol. The Hall–Kier alpha value is -3.74. The molecule has 1 aromatic heterocycles. The molecule has 2 aliphatic heterocycles. The lowest BCUT2D eigenvalue weighted by Gasteiger charge is -2.32. The molecule has 0 aliphatic carbocycles. The number of nitrogens with zero attached hydrogens (tertiary/aromatic N) is 3. The van der Waals surface area contributed by atoms with E-state index in [9.17, 15) is 21.8 Å². The smallest absolute Gasteiger partial charge is 0.218 e. The minimum atomic E-state index is -2.50. The Bertz CT molecular complexity index is 1740. The second-order valence-electron chi connectivity index (χ2n) is 11.0. The zero-order valence-corrected chi connectivity index (χ0v) is 25.2. The van der Waals surface area contributed by atoms with Crippen LogP contribution in [0.15, 0.2) is 53.4 Å². The molecule has 0 radical (unpaired) electrons. The summed E-state index contributed by atoms with van der Waals surface area (Å²) >= 11 is 0. The number of aromatic nitrogens is 1. The van der Waals surface area contributed by atoms with Crippen molar-refractivity contribution in [1.82, 2.24) is 14.6 Å². The molecule has 3 heterocycles. The molecule has 1 N–H and O–H groups in total. The van der Waals surface area contributed by atoms with Crippen molar-refractivity contribution in [2.75, 3.05) is 38.8 Å². The first-order chi connectivity index (χ1) is 21.3. The normalized spacial score (nSPS) is 17.6. The molecular weight excluding hydrogens is 596 g/mol. The van der Waals surface area contributed by atoms with Crippen molar-refractivity contribution in [3.63, 3.8) is 0 Å². The van der Waals surface area contributed by atoms with Crippen molar-refractivity contribution < 1.29 is 31.2 Å². The predicted octanol–water partition coefficient (Wildman–Crippen LogP) is 5.65. The third-order valence-corrected chi connectivity index (χ3v) is 9.52. The summed E-state index contributed by atoms with van der Waals surface area (Å²) < 4.78 is 83.4. The number of rotatable bonds is 9. The van der Waals surface area contributed by atoms with E-state index in [-0.39, 0.29) is 12.6 Å². The highest BCUT2D eigenvalue weighted by Gasteiger charge is 2.30. The Morgan fingerprint density at radius 2 is 1.80 bits per heavy atom. The van der Waals surface area contributed by atoms with Gasteiger partial charge in [0.25, 0.3) is 0 Å². The average Bonchev–Trinajstić information content (AvgIpc) is 3.46. The molecule has 1 saturated heterocycles. The largest absolute Gasteiger partial charge is 0.492 e. The van der Waals surface area contributed by atoms with Gasteiger partial charge in [0.2, 0.25) is 17.5 Å². The first-order valence-electron chi connectivity index (χ1n) is 14.4. The Balaban J connectivity index is 1.29. The van der Waals surface area contributed by atoms with E-state index in [1.807, 2.05) is 31.3 Å². The molecule has 4 aromatic rings. The Labute approximate surface area is 255 Å². The summed E-state index contributed by atoms with van der Waals surface area (Å²) in [6.45, 7) is 2.53. The number of hydrogen-bond acceptors (Lipinski definition) is 6. The van der Waals surface area contributed by atoms with Gasteiger partial charge in [0, 0.05) is 35.8 Å². The van der Waals surface area contributed by atoms with E-state index in [4.69, 9.17) is 14.5 Å². The van der Waals surface area contributed by atoms with Crippen LogP contribution in [0.2, 0.25) is 0 Å². The molecule has 1 unspecified atom stereocenters. The van der Waals surface area contributed by atoms with Gasteiger partial charge < -0.3 is 19.3 Å². The van der Waals surface area contributed by atoms with Crippen LogP contribution in [-0.2, 0) is 30.5 Å². The van der Waals surface area contributed by atoms with Gasteiger partial charge in [-0.15, -0.1) is 0 Å². The van der Waals surface area contributed by atoms with Crippen LogP contribution in [-0.4, -0.2) is 54.0 Å². The van der Waals surface area contributed by atoms with Gasteiger partial charge in [-0.3, -0.25) is 0 Å². The molecule has 0 saturated carbocycles. The number of nitrogens with one attached hydrogen (secondary N) is 1. The fourth-order valence-electron chi connectivity index (χ4n) is 5.95. The number of likely N-dealkylation sites (tertiary alicyclic amines) is 1. The standard InChI is InChI=1S/C32H32F4N4O3S/c1-39-13-6-9-22(39)18-43-32-21(16-37-44(41)31-29(36)27(34)26(33)28(35)30(31)42-2)15-20-12-14-40(17-24(20)38-32)25-11-5-8-19-7-3-4-10-23(19)25/h3-5,7-8,10-11,15,22,37H,6,9,12-14,16-18H2,1-2H3/t22-,44?/m1/s1. The van der Waals surface area contributed by atoms with Gasteiger partial charge in [-0.25, -0.2) is 27.1 Å². The van der Waals surface area contributed by atoms with Gasteiger partial charge >= 0.3 is 0 Å². The zero-order chi connectivity index (χ0) is 31.0. The van der Waals surface area contributed by atoms with Gasteiger partial charge in [0.05, 0.1) is 19.3 Å². The summed E-state index contributed by atoms with van der Waals surface area (Å²) in [6, 6.07) is 16.6. The summed E-state index contributed by atoms with van der Waals surface area (Å²) in [5, 5.41) is 2.30. The van der Waals surface area contributed by atoms with Crippen molar-refractivity contribution in [2.24, 2.45) is 0 Å². The summed E-state index contributed by atoms with van der Waals surface area (Å²) in [5.41, 5.74) is 3.50. The zero-order valence-electron chi connectivity index (χ0n) is 24.3. The van der Waals surface area contributed by atoms with Crippen LogP contribution < -0.4 is 19.1 Å². The van der Waals surface area contributed by atoms with Crippen molar-refractivity contribution in [3.8, 4) is 11.6 Å². The maximum absolute atomic E-state index is 14.6. The van der Waals surface area contributed by atoms with Crippen molar-refractivity contribution in [2.45, 2.75) is 43.3 Å². The highest BCUT2D eigenvalue weighted by molar-refractivity contribution is 7.83. The van der Waals surface area contributed by atoms with Crippen LogP contribution in [0.3, 0.4) is 0 Å². The molecule has 232 valence electrons. The van der Waals surface area contributed by atoms with Crippen LogP contribution >= 0.6 is 0 Å². The maximum Gasteiger partial charge on any atom is 0.218 e. The predicted molar refractivity (Wildman–Crippen MR) is 160 cm³/mol. The molecule has 7 nitrogen and oxygen atoms in total. The van der Waals surface area contributed by atoms with E-state index < -0.39 is 44.9 Å². The van der Waals surface area contributed by atoms with Gasteiger partial charge in [0.1, 0.15) is 22.5 Å². The van der Waals surface area contributed by atoms with E-state index in [1.165, 1.54) is 0 Å². The molecule has 6 rings (SSSR count). The van der Waals surface area contributed by atoms with Crippen molar-refractivity contribution in [1.29, 1.82) is 0 Å². The summed E-state index contributed by atoms with van der Waals surface area (Å²) in [5.74, 6) is -8.28. The quantitative estimate of drug-likeness (QED) is 0.147. The molecule has 0 bridgehead atoms. The molecule has 2 aliphatic rings. The minimum Gasteiger partial charge on any atom is -0.492 e. The number of benzene rings is 3. The molecule has 0 spiro atoms. The SMILES string of the molecule is COc1c(F)c(F)c(F)c(F)c1S(=O)NCc1cc2c(nc1OC[C@H]1CCCN1C)CN(c1cccc3ccccc13)CC2. The Morgan fingerprint density at radius 1 is 1.02 bits per heavy atom. The lowest BCUT2D eigenvalue weighted by molar-refractivity contribution is 0.191. The topological polar surface area (TPSA) is 66.9 Å². The third-order valence-electron chi connectivity index (χ3n) is 8.38. The number of fused-ring (bicyclic) bond motifs is 2. The first kappa shape index (κ1) is 30.3. The Kier molecular flexibility index (Phi) is 8.75. The molecule has 44 heavy (non-hydrogen) atoms. The number of anilines is 1. The third kappa shape index (κ3) is 5.73. The van der Waals surface area contributed by atoms with Crippen LogP contribution in [0, 0.1) is 23.3 Å². The maximum atomic E-state index is 14.6. The van der Waals surface area contributed by atoms with Crippen molar-refractivity contribution >= 4 is 27.4 Å². The fourth-order valence-corrected chi connectivity index (χ4v) is 6.98. The fraction of sp³-hybridized carbons (Fsp3) is 0.344. The lowest BCUT2D eigenvalue weighted by atomic mass is 10.0. The highest BCUT2D eigenvalue weighted by Crippen LogP contribution is 2.34. The van der Waals surface area contributed by atoms with Crippen LogP contribution in [0.4, 0.5) is 23.2 Å². The second kappa shape index (κ2) is 12.7.